The molecule has 130 valence electrons. The summed E-state index contributed by atoms with van der Waals surface area (Å²) in [6.07, 6.45) is 4.21. The molecule has 0 aliphatic rings. The van der Waals surface area contributed by atoms with Crippen molar-refractivity contribution in [3.8, 4) is 11.3 Å². The normalized spacial score (nSPS) is 10.7. The molecule has 3 aromatic rings. The van der Waals surface area contributed by atoms with E-state index in [0.717, 1.165) is 34.9 Å². The van der Waals surface area contributed by atoms with Crippen LogP contribution in [0.5, 0.6) is 0 Å². The van der Waals surface area contributed by atoms with Gasteiger partial charge in [-0.2, -0.15) is 0 Å². The van der Waals surface area contributed by atoms with E-state index in [9.17, 15) is 4.79 Å². The SMILES string of the molecule is O=C(CCc1nc(-c2ccccc2)cs1)NOCCCc1ccco1. The van der Waals surface area contributed by atoms with E-state index in [1.54, 1.807) is 17.6 Å². The summed E-state index contributed by atoms with van der Waals surface area (Å²) in [4.78, 5) is 21.6. The van der Waals surface area contributed by atoms with E-state index in [2.05, 4.69) is 10.5 Å². The van der Waals surface area contributed by atoms with Crippen LogP contribution in [0, 0.1) is 0 Å². The molecule has 5 nitrogen and oxygen atoms in total. The second-order valence-corrected chi connectivity index (χ2v) is 6.49. The van der Waals surface area contributed by atoms with Gasteiger partial charge in [-0.3, -0.25) is 9.63 Å². The van der Waals surface area contributed by atoms with E-state index < -0.39 is 0 Å². The zero-order valence-corrected chi connectivity index (χ0v) is 14.6. The van der Waals surface area contributed by atoms with Gasteiger partial charge in [-0.25, -0.2) is 10.5 Å². The van der Waals surface area contributed by atoms with E-state index in [0.29, 0.717) is 19.4 Å². The summed E-state index contributed by atoms with van der Waals surface area (Å²) in [5.74, 6) is 0.794. The zero-order chi connectivity index (χ0) is 17.3. The van der Waals surface area contributed by atoms with Crippen LogP contribution < -0.4 is 5.48 Å². The van der Waals surface area contributed by atoms with Crippen LogP contribution in [0.15, 0.2) is 58.5 Å². The number of hydroxylamine groups is 1. The number of furan rings is 1. The Morgan fingerprint density at radius 2 is 2.04 bits per heavy atom. The number of carbonyl (C=O) groups excluding carboxylic acids is 1. The van der Waals surface area contributed by atoms with Gasteiger partial charge in [0.05, 0.1) is 23.6 Å². The number of rotatable bonds is 9. The first-order valence-corrected chi connectivity index (χ1v) is 9.12. The van der Waals surface area contributed by atoms with Crippen LogP contribution in [-0.4, -0.2) is 17.5 Å². The Hall–Kier alpha value is -2.44. The molecular weight excluding hydrogens is 336 g/mol. The molecule has 2 heterocycles. The topological polar surface area (TPSA) is 64.4 Å². The summed E-state index contributed by atoms with van der Waals surface area (Å²) in [5.41, 5.74) is 4.52. The van der Waals surface area contributed by atoms with Crippen LogP contribution in [0.2, 0.25) is 0 Å². The van der Waals surface area contributed by atoms with Gasteiger partial charge in [0.1, 0.15) is 5.76 Å². The summed E-state index contributed by atoms with van der Waals surface area (Å²) < 4.78 is 5.23. The van der Waals surface area contributed by atoms with Gasteiger partial charge in [-0.1, -0.05) is 30.3 Å². The highest BCUT2D eigenvalue weighted by molar-refractivity contribution is 7.09. The smallest absolute Gasteiger partial charge is 0.243 e. The predicted octanol–water partition coefficient (Wildman–Crippen LogP) is 4.02. The molecule has 0 bridgehead atoms. The van der Waals surface area contributed by atoms with Crippen molar-refractivity contribution in [3.05, 3.63) is 64.9 Å². The van der Waals surface area contributed by atoms with Gasteiger partial charge in [-0.05, 0) is 18.6 Å². The van der Waals surface area contributed by atoms with Crippen molar-refractivity contribution >= 4 is 17.2 Å². The minimum absolute atomic E-state index is 0.130. The van der Waals surface area contributed by atoms with Gasteiger partial charge in [0.15, 0.2) is 0 Å². The maximum Gasteiger partial charge on any atom is 0.243 e. The molecule has 2 aromatic heterocycles. The summed E-state index contributed by atoms with van der Waals surface area (Å²) in [6, 6.07) is 13.8. The van der Waals surface area contributed by atoms with Crippen LogP contribution in [0.4, 0.5) is 0 Å². The van der Waals surface area contributed by atoms with E-state index >= 15 is 0 Å². The molecule has 0 aliphatic carbocycles. The lowest BCUT2D eigenvalue weighted by Crippen LogP contribution is -2.24. The first kappa shape index (κ1) is 17.4. The van der Waals surface area contributed by atoms with E-state index in [1.807, 2.05) is 47.8 Å². The number of aromatic nitrogens is 1. The Morgan fingerprint density at radius 1 is 1.16 bits per heavy atom. The van der Waals surface area contributed by atoms with Crippen molar-refractivity contribution < 1.29 is 14.0 Å². The number of hydrogen-bond donors (Lipinski definition) is 1. The fourth-order valence-electron chi connectivity index (χ4n) is 2.34. The van der Waals surface area contributed by atoms with Crippen LogP contribution in [0.1, 0.15) is 23.6 Å². The second-order valence-electron chi connectivity index (χ2n) is 5.55. The molecule has 0 aliphatic heterocycles. The molecule has 0 spiro atoms. The van der Waals surface area contributed by atoms with Crippen LogP contribution in [0.3, 0.4) is 0 Å². The minimum Gasteiger partial charge on any atom is -0.469 e. The van der Waals surface area contributed by atoms with Crippen LogP contribution in [-0.2, 0) is 22.5 Å². The lowest BCUT2D eigenvalue weighted by atomic mass is 10.2. The number of aryl methyl sites for hydroxylation is 2. The van der Waals surface area contributed by atoms with Crippen molar-refractivity contribution in [2.45, 2.75) is 25.7 Å². The fraction of sp³-hybridized carbons (Fsp3) is 0.263. The first-order chi connectivity index (χ1) is 12.3. The Balaban J connectivity index is 1.33. The van der Waals surface area contributed by atoms with Crippen LogP contribution >= 0.6 is 11.3 Å². The molecule has 0 fully saturated rings. The Labute approximate surface area is 150 Å². The molecule has 1 aromatic carbocycles. The van der Waals surface area contributed by atoms with Crippen molar-refractivity contribution in [1.82, 2.24) is 10.5 Å². The molecule has 3 rings (SSSR count). The Morgan fingerprint density at radius 3 is 2.84 bits per heavy atom. The predicted molar refractivity (Wildman–Crippen MR) is 97.0 cm³/mol. The Kier molecular flexibility index (Phi) is 6.36. The van der Waals surface area contributed by atoms with Gasteiger partial charge < -0.3 is 4.42 Å². The molecule has 0 unspecified atom stereocenters. The standard InChI is InChI=1S/C19H20N2O3S/c22-18(21-24-13-5-9-16-8-4-12-23-16)10-11-19-20-17(14-25-19)15-6-2-1-3-7-15/h1-4,6-8,12,14H,5,9-11,13H2,(H,21,22). The molecule has 1 N–H and O–H groups in total. The first-order valence-electron chi connectivity index (χ1n) is 8.24. The third-order valence-corrected chi connectivity index (χ3v) is 4.53. The summed E-state index contributed by atoms with van der Waals surface area (Å²) in [6.45, 7) is 0.460. The maximum absolute atomic E-state index is 11.8. The number of thiazole rings is 1. The van der Waals surface area contributed by atoms with Gasteiger partial charge in [-0.15, -0.1) is 11.3 Å². The highest BCUT2D eigenvalue weighted by Gasteiger charge is 2.07. The van der Waals surface area contributed by atoms with Crippen molar-refractivity contribution in [2.75, 3.05) is 6.61 Å². The molecule has 0 saturated carbocycles. The van der Waals surface area contributed by atoms with Gasteiger partial charge in [0.25, 0.3) is 0 Å². The maximum atomic E-state index is 11.8. The third kappa shape index (κ3) is 5.55. The molecule has 6 heteroatoms. The minimum atomic E-state index is -0.130. The molecule has 0 atom stereocenters. The largest absolute Gasteiger partial charge is 0.469 e. The third-order valence-electron chi connectivity index (χ3n) is 3.62. The Bertz CT molecular complexity index is 769. The average Bonchev–Trinajstić information content (AvgIpc) is 3.32. The fourth-order valence-corrected chi connectivity index (χ4v) is 3.15. The molecular formula is C19H20N2O3S. The average molecular weight is 356 g/mol. The van der Waals surface area contributed by atoms with Gasteiger partial charge in [0.2, 0.25) is 5.91 Å². The number of benzene rings is 1. The summed E-state index contributed by atoms with van der Waals surface area (Å²) in [7, 11) is 0. The van der Waals surface area contributed by atoms with E-state index in [1.165, 1.54) is 0 Å². The van der Waals surface area contributed by atoms with Crippen molar-refractivity contribution in [1.29, 1.82) is 0 Å². The van der Waals surface area contributed by atoms with Crippen LogP contribution in [0.25, 0.3) is 11.3 Å². The van der Waals surface area contributed by atoms with Crippen molar-refractivity contribution in [2.24, 2.45) is 0 Å². The summed E-state index contributed by atoms with van der Waals surface area (Å²) in [5, 5.41) is 2.97. The van der Waals surface area contributed by atoms with Crippen molar-refractivity contribution in [3.63, 3.8) is 0 Å². The van der Waals surface area contributed by atoms with E-state index in [4.69, 9.17) is 9.25 Å². The quantitative estimate of drug-likeness (QED) is 0.465. The highest BCUT2D eigenvalue weighted by Crippen LogP contribution is 2.22. The molecule has 1 amide bonds. The second kappa shape index (κ2) is 9.15. The molecule has 25 heavy (non-hydrogen) atoms. The highest BCUT2D eigenvalue weighted by atomic mass is 32.1. The number of hydrogen-bond acceptors (Lipinski definition) is 5. The lowest BCUT2D eigenvalue weighted by Gasteiger charge is -2.04. The lowest BCUT2D eigenvalue weighted by molar-refractivity contribution is -0.133. The number of carbonyl (C=O) groups is 1. The zero-order valence-electron chi connectivity index (χ0n) is 13.8. The number of nitrogens with one attached hydrogen (secondary N) is 1. The number of amides is 1. The monoisotopic (exact) mass is 356 g/mol. The molecule has 0 radical (unpaired) electrons. The van der Waals surface area contributed by atoms with Gasteiger partial charge >= 0.3 is 0 Å². The van der Waals surface area contributed by atoms with E-state index in [-0.39, 0.29) is 5.91 Å². The van der Waals surface area contributed by atoms with Gasteiger partial charge in [0, 0.05) is 30.2 Å². The number of nitrogens with zero attached hydrogens (tertiary/aromatic N) is 1. The summed E-state index contributed by atoms with van der Waals surface area (Å²) >= 11 is 1.57. The molecule has 0 saturated heterocycles.